The number of nitrogens with zero attached hydrogens (tertiary/aromatic N) is 3. The van der Waals surface area contributed by atoms with E-state index < -0.39 is 10.0 Å². The summed E-state index contributed by atoms with van der Waals surface area (Å²) in [6.45, 7) is 1.19. The number of rotatable bonds is 3. The van der Waals surface area contributed by atoms with Crippen molar-refractivity contribution in [2.24, 2.45) is 7.05 Å². The summed E-state index contributed by atoms with van der Waals surface area (Å²) in [6.07, 6.45) is 3.81. The van der Waals surface area contributed by atoms with Gasteiger partial charge < -0.3 is 14.0 Å². The SMILES string of the molecule is Cn1cnc(S(=O)(=O)N2CC[C@@H](c3ccc4c(c3)OCO4)C2)c1. The van der Waals surface area contributed by atoms with Gasteiger partial charge in [-0.15, -0.1) is 0 Å². The molecule has 3 heterocycles. The zero-order valence-electron chi connectivity index (χ0n) is 12.7. The summed E-state index contributed by atoms with van der Waals surface area (Å²) < 4.78 is 39.1. The van der Waals surface area contributed by atoms with E-state index in [1.807, 2.05) is 18.2 Å². The van der Waals surface area contributed by atoms with Gasteiger partial charge in [0.25, 0.3) is 10.0 Å². The molecule has 2 aromatic rings. The van der Waals surface area contributed by atoms with Crippen LogP contribution in [-0.2, 0) is 17.1 Å². The maximum absolute atomic E-state index is 12.6. The highest BCUT2D eigenvalue weighted by Gasteiger charge is 2.34. The Bertz CT molecular complexity index is 846. The fraction of sp³-hybridized carbons (Fsp3) is 0.400. The molecule has 2 aliphatic heterocycles. The van der Waals surface area contributed by atoms with Crippen molar-refractivity contribution in [3.05, 3.63) is 36.3 Å². The molecular weight excluding hydrogens is 318 g/mol. The van der Waals surface area contributed by atoms with Gasteiger partial charge in [0, 0.05) is 26.3 Å². The third-order valence-corrected chi connectivity index (χ3v) is 6.06. The van der Waals surface area contributed by atoms with Crippen molar-refractivity contribution in [1.82, 2.24) is 13.9 Å². The number of hydrogen-bond donors (Lipinski definition) is 0. The molecule has 1 aromatic carbocycles. The molecule has 0 unspecified atom stereocenters. The van der Waals surface area contributed by atoms with Gasteiger partial charge in [0.1, 0.15) is 0 Å². The summed E-state index contributed by atoms with van der Waals surface area (Å²) in [7, 11) is -1.77. The molecule has 8 heteroatoms. The Balaban J connectivity index is 1.55. The highest BCUT2D eigenvalue weighted by Crippen LogP contribution is 2.37. The fourth-order valence-electron chi connectivity index (χ4n) is 3.04. The van der Waals surface area contributed by atoms with E-state index in [0.29, 0.717) is 13.1 Å². The van der Waals surface area contributed by atoms with Crippen LogP contribution in [0.3, 0.4) is 0 Å². The summed E-state index contributed by atoms with van der Waals surface area (Å²) in [5.74, 6) is 1.63. The molecule has 0 bridgehead atoms. The molecule has 0 amide bonds. The number of sulfonamides is 1. The topological polar surface area (TPSA) is 73.7 Å². The van der Waals surface area contributed by atoms with Gasteiger partial charge >= 0.3 is 0 Å². The van der Waals surface area contributed by atoms with Crippen molar-refractivity contribution in [1.29, 1.82) is 0 Å². The van der Waals surface area contributed by atoms with E-state index in [-0.39, 0.29) is 17.7 Å². The fourth-order valence-corrected chi connectivity index (χ4v) is 4.51. The summed E-state index contributed by atoms with van der Waals surface area (Å²) in [5, 5.41) is 0.103. The Kier molecular flexibility index (Phi) is 3.31. The lowest BCUT2D eigenvalue weighted by Crippen LogP contribution is -2.29. The average Bonchev–Trinajstić information content (AvgIpc) is 3.26. The molecule has 0 N–H and O–H groups in total. The van der Waals surface area contributed by atoms with Crippen molar-refractivity contribution in [3.63, 3.8) is 0 Å². The zero-order chi connectivity index (χ0) is 16.0. The van der Waals surface area contributed by atoms with Crippen molar-refractivity contribution in [3.8, 4) is 11.5 Å². The molecule has 1 saturated heterocycles. The number of imidazole rings is 1. The molecule has 122 valence electrons. The lowest BCUT2D eigenvalue weighted by atomic mass is 9.98. The smallest absolute Gasteiger partial charge is 0.262 e. The minimum absolute atomic E-state index is 0.103. The summed E-state index contributed by atoms with van der Waals surface area (Å²) in [4.78, 5) is 3.97. The van der Waals surface area contributed by atoms with E-state index in [4.69, 9.17) is 9.47 Å². The van der Waals surface area contributed by atoms with Crippen molar-refractivity contribution >= 4 is 10.0 Å². The van der Waals surface area contributed by atoms with E-state index in [1.54, 1.807) is 11.6 Å². The molecule has 23 heavy (non-hydrogen) atoms. The first-order valence-corrected chi connectivity index (χ1v) is 8.86. The monoisotopic (exact) mass is 335 g/mol. The van der Waals surface area contributed by atoms with Gasteiger partial charge in [-0.1, -0.05) is 6.07 Å². The zero-order valence-corrected chi connectivity index (χ0v) is 13.5. The third kappa shape index (κ3) is 2.47. The van der Waals surface area contributed by atoms with E-state index >= 15 is 0 Å². The van der Waals surface area contributed by atoms with Crippen LogP contribution in [0.25, 0.3) is 0 Å². The Morgan fingerprint density at radius 2 is 2.09 bits per heavy atom. The quantitative estimate of drug-likeness (QED) is 0.846. The van der Waals surface area contributed by atoms with E-state index in [9.17, 15) is 8.42 Å². The van der Waals surface area contributed by atoms with Crippen LogP contribution >= 0.6 is 0 Å². The minimum Gasteiger partial charge on any atom is -0.454 e. The maximum Gasteiger partial charge on any atom is 0.262 e. The molecule has 7 nitrogen and oxygen atoms in total. The van der Waals surface area contributed by atoms with Gasteiger partial charge in [-0.05, 0) is 30.0 Å². The van der Waals surface area contributed by atoms with Gasteiger partial charge in [0.2, 0.25) is 6.79 Å². The number of aromatic nitrogens is 2. The van der Waals surface area contributed by atoms with Crippen LogP contribution in [0.2, 0.25) is 0 Å². The van der Waals surface area contributed by atoms with Crippen LogP contribution in [0.15, 0.2) is 35.7 Å². The third-order valence-electron chi connectivity index (χ3n) is 4.30. The van der Waals surface area contributed by atoms with Crippen LogP contribution in [0.1, 0.15) is 17.9 Å². The molecular formula is C15H17N3O4S. The van der Waals surface area contributed by atoms with Gasteiger partial charge in [-0.3, -0.25) is 0 Å². The summed E-state index contributed by atoms with van der Waals surface area (Å²) in [5.41, 5.74) is 1.08. The highest BCUT2D eigenvalue weighted by molar-refractivity contribution is 7.89. The molecule has 0 aliphatic carbocycles. The minimum atomic E-state index is -3.52. The summed E-state index contributed by atoms with van der Waals surface area (Å²) >= 11 is 0. The van der Waals surface area contributed by atoms with Gasteiger partial charge in [0.15, 0.2) is 16.5 Å². The molecule has 1 fully saturated rings. The summed E-state index contributed by atoms with van der Waals surface area (Å²) in [6, 6.07) is 5.81. The number of benzene rings is 1. The van der Waals surface area contributed by atoms with E-state index in [1.165, 1.54) is 16.8 Å². The van der Waals surface area contributed by atoms with E-state index in [2.05, 4.69) is 4.98 Å². The lowest BCUT2D eigenvalue weighted by molar-refractivity contribution is 0.174. The van der Waals surface area contributed by atoms with Gasteiger partial charge in [0.05, 0.1) is 6.33 Å². The van der Waals surface area contributed by atoms with Gasteiger partial charge in [-0.2, -0.15) is 4.31 Å². The highest BCUT2D eigenvalue weighted by atomic mass is 32.2. The largest absolute Gasteiger partial charge is 0.454 e. The van der Waals surface area contributed by atoms with Crippen molar-refractivity contribution in [2.75, 3.05) is 19.9 Å². The van der Waals surface area contributed by atoms with Crippen LogP contribution in [0.5, 0.6) is 11.5 Å². The van der Waals surface area contributed by atoms with Crippen molar-refractivity contribution in [2.45, 2.75) is 17.4 Å². The second-order valence-electron chi connectivity index (χ2n) is 5.84. The van der Waals surface area contributed by atoms with Gasteiger partial charge in [-0.25, -0.2) is 13.4 Å². The second kappa shape index (κ2) is 5.24. The molecule has 0 saturated carbocycles. The predicted octanol–water partition coefficient (Wildman–Crippen LogP) is 1.33. The number of fused-ring (bicyclic) bond motifs is 1. The van der Waals surface area contributed by atoms with Crippen LogP contribution in [0, 0.1) is 0 Å². The first-order chi connectivity index (χ1) is 11.0. The van der Waals surface area contributed by atoms with Crippen LogP contribution in [0.4, 0.5) is 0 Å². The van der Waals surface area contributed by atoms with Crippen molar-refractivity contribution < 1.29 is 17.9 Å². The second-order valence-corrected chi connectivity index (χ2v) is 7.72. The Labute approximate surface area is 134 Å². The Hall–Kier alpha value is -2.06. The van der Waals surface area contributed by atoms with E-state index in [0.717, 1.165) is 23.5 Å². The van der Waals surface area contributed by atoms with Crippen LogP contribution < -0.4 is 9.47 Å². The standard InChI is InChI=1S/C15H17N3O4S/c1-17-8-15(16-9-17)23(19,20)18-5-4-12(7-18)11-2-3-13-14(6-11)22-10-21-13/h2-3,6,8-9,12H,4-5,7,10H2,1H3/t12-/m1/s1. The Morgan fingerprint density at radius 1 is 1.26 bits per heavy atom. The molecule has 0 spiro atoms. The normalized spacial score (nSPS) is 21.0. The molecule has 4 rings (SSSR count). The average molecular weight is 335 g/mol. The Morgan fingerprint density at radius 3 is 2.87 bits per heavy atom. The molecule has 1 atom stereocenters. The first kappa shape index (κ1) is 14.5. The molecule has 0 radical (unpaired) electrons. The molecule has 2 aliphatic rings. The lowest BCUT2D eigenvalue weighted by Gasteiger charge is -2.15. The first-order valence-electron chi connectivity index (χ1n) is 7.42. The number of hydrogen-bond acceptors (Lipinski definition) is 5. The molecule has 1 aromatic heterocycles. The maximum atomic E-state index is 12.6. The predicted molar refractivity (Wildman–Crippen MR) is 81.9 cm³/mol. The number of ether oxygens (including phenoxy) is 2. The number of aryl methyl sites for hydroxylation is 1. The van der Waals surface area contributed by atoms with Crippen LogP contribution in [-0.4, -0.2) is 42.2 Å².